The summed E-state index contributed by atoms with van der Waals surface area (Å²) in [5, 5.41) is 7.67. The Hall–Kier alpha value is -1.35. The smallest absolute Gasteiger partial charge is 0.0966 e. The molecule has 1 aliphatic heterocycles. The first-order valence-corrected chi connectivity index (χ1v) is 6.63. The third-order valence-corrected chi connectivity index (χ3v) is 4.27. The number of hydrogen-bond acceptors (Lipinski definition) is 2. The van der Waals surface area contributed by atoms with Crippen LogP contribution < -0.4 is 5.73 Å². The zero-order valence-corrected chi connectivity index (χ0v) is 11.4. The molecule has 1 aliphatic rings. The standard InChI is InChI=1S/C15H23N3/c1-12-5-3-4-6-13(12)11-18-9-7-15(2,8-10-18)14(16)17/h3-6H,7-11H2,1-2H3,(H3,16,17). The Kier molecular flexibility index (Phi) is 3.71. The number of rotatable bonds is 3. The fourth-order valence-corrected chi connectivity index (χ4v) is 2.50. The van der Waals surface area contributed by atoms with Crippen LogP contribution in [-0.4, -0.2) is 23.8 Å². The molecule has 0 aliphatic carbocycles. The van der Waals surface area contributed by atoms with E-state index in [1.165, 1.54) is 11.1 Å². The molecule has 3 heteroatoms. The van der Waals surface area contributed by atoms with Crippen LogP contribution in [0.3, 0.4) is 0 Å². The first-order valence-electron chi connectivity index (χ1n) is 6.63. The van der Waals surface area contributed by atoms with Crippen molar-refractivity contribution in [2.45, 2.75) is 33.2 Å². The number of benzene rings is 1. The molecule has 98 valence electrons. The lowest BCUT2D eigenvalue weighted by Crippen LogP contribution is -2.44. The van der Waals surface area contributed by atoms with Gasteiger partial charge in [0.2, 0.25) is 0 Å². The van der Waals surface area contributed by atoms with Crippen molar-refractivity contribution in [2.75, 3.05) is 13.1 Å². The Bertz CT molecular complexity index is 431. The van der Waals surface area contributed by atoms with Gasteiger partial charge >= 0.3 is 0 Å². The van der Waals surface area contributed by atoms with Crippen LogP contribution in [0.25, 0.3) is 0 Å². The van der Waals surface area contributed by atoms with E-state index >= 15 is 0 Å². The van der Waals surface area contributed by atoms with Gasteiger partial charge in [-0.2, -0.15) is 0 Å². The van der Waals surface area contributed by atoms with Crippen molar-refractivity contribution < 1.29 is 0 Å². The van der Waals surface area contributed by atoms with Crippen molar-refractivity contribution in [1.29, 1.82) is 5.41 Å². The van der Waals surface area contributed by atoms with Crippen molar-refractivity contribution in [2.24, 2.45) is 11.1 Å². The van der Waals surface area contributed by atoms with Crippen LogP contribution in [0, 0.1) is 17.7 Å². The lowest BCUT2D eigenvalue weighted by atomic mass is 9.79. The summed E-state index contributed by atoms with van der Waals surface area (Å²) in [5.74, 6) is 0.345. The highest BCUT2D eigenvalue weighted by atomic mass is 15.1. The van der Waals surface area contributed by atoms with Crippen molar-refractivity contribution in [3.05, 3.63) is 35.4 Å². The highest BCUT2D eigenvalue weighted by molar-refractivity contribution is 5.83. The van der Waals surface area contributed by atoms with E-state index in [1.54, 1.807) is 0 Å². The second-order valence-electron chi connectivity index (χ2n) is 5.68. The Balaban J connectivity index is 1.95. The number of likely N-dealkylation sites (tertiary alicyclic amines) is 1. The van der Waals surface area contributed by atoms with Gasteiger partial charge in [-0.25, -0.2) is 0 Å². The van der Waals surface area contributed by atoms with Gasteiger partial charge in [-0.05, 0) is 44.0 Å². The van der Waals surface area contributed by atoms with Gasteiger partial charge in [0.15, 0.2) is 0 Å². The SMILES string of the molecule is Cc1ccccc1CN1CCC(C)(C(=N)N)CC1. The van der Waals surface area contributed by atoms with Gasteiger partial charge < -0.3 is 5.73 Å². The lowest BCUT2D eigenvalue weighted by Gasteiger charge is -2.38. The Morgan fingerprint density at radius 2 is 1.94 bits per heavy atom. The lowest BCUT2D eigenvalue weighted by molar-refractivity contribution is 0.156. The molecule has 0 aromatic heterocycles. The Labute approximate surface area is 109 Å². The average molecular weight is 245 g/mol. The predicted octanol–water partition coefficient (Wildman–Crippen LogP) is 2.53. The van der Waals surface area contributed by atoms with Gasteiger partial charge in [0, 0.05) is 12.0 Å². The minimum Gasteiger partial charge on any atom is -0.387 e. The molecule has 0 radical (unpaired) electrons. The molecule has 0 bridgehead atoms. The summed E-state index contributed by atoms with van der Waals surface area (Å²) in [6.07, 6.45) is 1.99. The second-order valence-corrected chi connectivity index (χ2v) is 5.68. The van der Waals surface area contributed by atoms with Crippen LogP contribution in [0.5, 0.6) is 0 Å². The zero-order chi connectivity index (χ0) is 13.2. The summed E-state index contributed by atoms with van der Waals surface area (Å²) >= 11 is 0. The summed E-state index contributed by atoms with van der Waals surface area (Å²) in [4.78, 5) is 2.47. The second kappa shape index (κ2) is 5.11. The summed E-state index contributed by atoms with van der Waals surface area (Å²) in [6.45, 7) is 7.36. The molecule has 0 unspecified atom stereocenters. The molecule has 1 heterocycles. The number of amidine groups is 1. The maximum Gasteiger partial charge on any atom is 0.0966 e. The summed E-state index contributed by atoms with van der Waals surface area (Å²) in [7, 11) is 0. The third kappa shape index (κ3) is 2.72. The molecule has 0 spiro atoms. The van der Waals surface area contributed by atoms with E-state index in [-0.39, 0.29) is 5.41 Å². The molecule has 1 aromatic carbocycles. The van der Waals surface area contributed by atoms with Crippen LogP contribution in [0.15, 0.2) is 24.3 Å². The minimum atomic E-state index is -0.0811. The zero-order valence-electron chi connectivity index (χ0n) is 11.4. The molecular weight excluding hydrogens is 222 g/mol. The Morgan fingerprint density at radius 1 is 1.33 bits per heavy atom. The number of nitrogens with two attached hydrogens (primary N) is 1. The fraction of sp³-hybridized carbons (Fsp3) is 0.533. The molecular formula is C15H23N3. The van der Waals surface area contributed by atoms with E-state index in [4.69, 9.17) is 11.1 Å². The first-order chi connectivity index (χ1) is 8.51. The van der Waals surface area contributed by atoms with Crippen molar-refractivity contribution in [3.63, 3.8) is 0 Å². The highest BCUT2D eigenvalue weighted by Gasteiger charge is 2.32. The van der Waals surface area contributed by atoms with E-state index < -0.39 is 0 Å². The van der Waals surface area contributed by atoms with Crippen LogP contribution in [0.1, 0.15) is 30.9 Å². The average Bonchev–Trinajstić information content (AvgIpc) is 2.35. The summed E-state index contributed by atoms with van der Waals surface area (Å²) < 4.78 is 0. The van der Waals surface area contributed by atoms with Gasteiger partial charge in [-0.1, -0.05) is 31.2 Å². The predicted molar refractivity (Wildman–Crippen MR) is 75.7 cm³/mol. The maximum atomic E-state index is 7.67. The molecule has 1 saturated heterocycles. The molecule has 1 fully saturated rings. The van der Waals surface area contributed by atoms with E-state index in [2.05, 4.69) is 43.0 Å². The fourth-order valence-electron chi connectivity index (χ4n) is 2.50. The normalized spacial score (nSPS) is 19.7. The van der Waals surface area contributed by atoms with Gasteiger partial charge in [0.1, 0.15) is 0 Å². The van der Waals surface area contributed by atoms with Crippen molar-refractivity contribution in [1.82, 2.24) is 4.90 Å². The Morgan fingerprint density at radius 3 is 2.50 bits per heavy atom. The molecule has 0 atom stereocenters. The largest absolute Gasteiger partial charge is 0.387 e. The van der Waals surface area contributed by atoms with Crippen molar-refractivity contribution in [3.8, 4) is 0 Å². The van der Waals surface area contributed by atoms with E-state index in [0.717, 1.165) is 32.5 Å². The monoisotopic (exact) mass is 245 g/mol. The summed E-state index contributed by atoms with van der Waals surface area (Å²) in [6, 6.07) is 8.56. The van der Waals surface area contributed by atoms with Gasteiger partial charge in [0.05, 0.1) is 5.84 Å². The molecule has 1 aromatic rings. The van der Waals surface area contributed by atoms with Gasteiger partial charge in [-0.15, -0.1) is 0 Å². The van der Waals surface area contributed by atoms with Gasteiger partial charge in [-0.3, -0.25) is 10.3 Å². The number of nitrogens with one attached hydrogen (secondary N) is 1. The van der Waals surface area contributed by atoms with Gasteiger partial charge in [0.25, 0.3) is 0 Å². The topological polar surface area (TPSA) is 53.1 Å². The maximum absolute atomic E-state index is 7.67. The molecule has 0 saturated carbocycles. The van der Waals surface area contributed by atoms with Crippen LogP contribution >= 0.6 is 0 Å². The minimum absolute atomic E-state index is 0.0811. The number of piperidine rings is 1. The molecule has 0 amide bonds. The molecule has 18 heavy (non-hydrogen) atoms. The number of aryl methyl sites for hydroxylation is 1. The van der Waals surface area contributed by atoms with Crippen molar-refractivity contribution >= 4 is 5.84 Å². The molecule has 2 rings (SSSR count). The van der Waals surface area contributed by atoms with Crippen LogP contribution in [-0.2, 0) is 6.54 Å². The number of nitrogens with zero attached hydrogens (tertiary/aromatic N) is 1. The van der Waals surface area contributed by atoms with E-state index in [0.29, 0.717) is 5.84 Å². The van der Waals surface area contributed by atoms with Crippen LogP contribution in [0.4, 0.5) is 0 Å². The quantitative estimate of drug-likeness (QED) is 0.635. The summed E-state index contributed by atoms with van der Waals surface area (Å²) in [5.41, 5.74) is 8.37. The first kappa shape index (κ1) is 13.1. The molecule has 3 nitrogen and oxygen atoms in total. The highest BCUT2D eigenvalue weighted by Crippen LogP contribution is 2.31. The van der Waals surface area contributed by atoms with E-state index in [9.17, 15) is 0 Å². The molecule has 3 N–H and O–H groups in total. The van der Waals surface area contributed by atoms with E-state index in [1.807, 2.05) is 0 Å². The van der Waals surface area contributed by atoms with Crippen LogP contribution in [0.2, 0.25) is 0 Å². The number of hydrogen-bond donors (Lipinski definition) is 2. The third-order valence-electron chi connectivity index (χ3n) is 4.27.